The first-order valence-corrected chi connectivity index (χ1v) is 12.2. The van der Waals surface area contributed by atoms with Gasteiger partial charge in [-0.15, -0.1) is 0 Å². The molecule has 7 nitrogen and oxygen atoms in total. The van der Waals surface area contributed by atoms with Crippen LogP contribution in [0.15, 0.2) is 4.52 Å². The highest BCUT2D eigenvalue weighted by Gasteiger charge is 2.46. The number of carbonyl (C=O) groups is 1. The van der Waals surface area contributed by atoms with Gasteiger partial charge in [0, 0.05) is 38.3 Å². The number of ether oxygens (including phenoxy) is 1. The summed E-state index contributed by atoms with van der Waals surface area (Å²) in [7, 11) is 0. The molecule has 0 spiro atoms. The van der Waals surface area contributed by atoms with Gasteiger partial charge >= 0.3 is 6.03 Å². The number of likely N-dealkylation sites (tertiary alicyclic amines) is 1. The first-order chi connectivity index (χ1) is 14.7. The average Bonchev–Trinajstić information content (AvgIpc) is 3.45. The summed E-state index contributed by atoms with van der Waals surface area (Å²) < 4.78 is 11.3. The summed E-state index contributed by atoms with van der Waals surface area (Å²) in [4.78, 5) is 20.0. The molecule has 7 heteroatoms. The minimum Gasteiger partial charge on any atom is -0.381 e. The van der Waals surface area contributed by atoms with Crippen molar-refractivity contribution in [2.24, 2.45) is 5.92 Å². The van der Waals surface area contributed by atoms with Crippen molar-refractivity contribution in [2.75, 3.05) is 26.3 Å². The lowest BCUT2D eigenvalue weighted by molar-refractivity contribution is 0.0778. The Bertz CT molecular complexity index is 722. The van der Waals surface area contributed by atoms with Crippen LogP contribution in [0, 0.1) is 5.92 Å². The fraction of sp³-hybridized carbons (Fsp3) is 0.870. The van der Waals surface area contributed by atoms with E-state index in [0.717, 1.165) is 88.9 Å². The largest absolute Gasteiger partial charge is 0.381 e. The summed E-state index contributed by atoms with van der Waals surface area (Å²) in [5, 5.41) is 7.80. The predicted octanol–water partition coefficient (Wildman–Crippen LogP) is 4.14. The molecule has 166 valence electrons. The van der Waals surface area contributed by atoms with Crippen molar-refractivity contribution in [3.63, 3.8) is 0 Å². The van der Waals surface area contributed by atoms with Crippen molar-refractivity contribution in [1.82, 2.24) is 20.4 Å². The van der Waals surface area contributed by atoms with E-state index in [1.54, 1.807) is 0 Å². The molecule has 5 rings (SSSR count). The molecule has 1 N–H and O–H groups in total. The molecule has 1 unspecified atom stereocenters. The Morgan fingerprint density at radius 1 is 1.07 bits per heavy atom. The third-order valence-corrected chi connectivity index (χ3v) is 7.66. The Balaban J connectivity index is 1.31. The maximum atomic E-state index is 13.1. The fourth-order valence-electron chi connectivity index (χ4n) is 5.69. The molecular weight excluding hydrogens is 380 g/mol. The van der Waals surface area contributed by atoms with Gasteiger partial charge in [0.25, 0.3) is 0 Å². The van der Waals surface area contributed by atoms with Crippen LogP contribution in [0.25, 0.3) is 0 Å². The monoisotopic (exact) mass is 416 g/mol. The van der Waals surface area contributed by atoms with Crippen molar-refractivity contribution >= 4 is 6.03 Å². The van der Waals surface area contributed by atoms with E-state index in [1.165, 1.54) is 32.1 Å². The first-order valence-electron chi connectivity index (χ1n) is 12.2. The number of nitrogens with zero attached hydrogens (tertiary/aromatic N) is 3. The van der Waals surface area contributed by atoms with E-state index in [2.05, 4.69) is 10.5 Å². The zero-order valence-corrected chi connectivity index (χ0v) is 18.1. The van der Waals surface area contributed by atoms with Crippen LogP contribution in [0.4, 0.5) is 4.79 Å². The molecule has 30 heavy (non-hydrogen) atoms. The Kier molecular flexibility index (Phi) is 5.98. The van der Waals surface area contributed by atoms with Gasteiger partial charge in [-0.3, -0.25) is 0 Å². The van der Waals surface area contributed by atoms with E-state index in [1.807, 2.05) is 4.90 Å². The highest BCUT2D eigenvalue weighted by Crippen LogP contribution is 2.46. The predicted molar refractivity (Wildman–Crippen MR) is 112 cm³/mol. The van der Waals surface area contributed by atoms with Crippen LogP contribution >= 0.6 is 0 Å². The molecule has 2 amide bonds. The number of urea groups is 1. The van der Waals surface area contributed by atoms with Gasteiger partial charge in [0.1, 0.15) is 0 Å². The lowest BCUT2D eigenvalue weighted by atomic mass is 9.75. The lowest BCUT2D eigenvalue weighted by Gasteiger charge is -2.41. The van der Waals surface area contributed by atoms with Crippen LogP contribution in [-0.4, -0.2) is 53.4 Å². The molecule has 0 aromatic carbocycles. The summed E-state index contributed by atoms with van der Waals surface area (Å²) in [6.07, 6.45) is 13.6. The quantitative estimate of drug-likeness (QED) is 0.780. The van der Waals surface area contributed by atoms with E-state index >= 15 is 0 Å². The number of rotatable bonds is 5. The number of aromatic nitrogens is 2. The number of hydrogen-bond acceptors (Lipinski definition) is 5. The molecule has 2 aliphatic heterocycles. The van der Waals surface area contributed by atoms with E-state index in [9.17, 15) is 4.79 Å². The van der Waals surface area contributed by atoms with Crippen molar-refractivity contribution < 1.29 is 14.1 Å². The second-order valence-electron chi connectivity index (χ2n) is 10.1. The molecule has 3 heterocycles. The Hall–Kier alpha value is -1.63. The van der Waals surface area contributed by atoms with Gasteiger partial charge in [-0.2, -0.15) is 4.98 Å². The third kappa shape index (κ3) is 4.51. The van der Waals surface area contributed by atoms with Gasteiger partial charge < -0.3 is 19.5 Å². The topological polar surface area (TPSA) is 80.5 Å². The Morgan fingerprint density at radius 2 is 1.87 bits per heavy atom. The third-order valence-electron chi connectivity index (χ3n) is 7.66. The average molecular weight is 417 g/mol. The maximum Gasteiger partial charge on any atom is 0.317 e. The van der Waals surface area contributed by atoms with Gasteiger partial charge in [0.15, 0.2) is 5.82 Å². The summed E-state index contributed by atoms with van der Waals surface area (Å²) >= 11 is 0. The van der Waals surface area contributed by atoms with Gasteiger partial charge in [-0.05, 0) is 50.9 Å². The zero-order chi connectivity index (χ0) is 20.4. The van der Waals surface area contributed by atoms with Crippen LogP contribution in [0.1, 0.15) is 94.7 Å². The normalized spacial score (nSPS) is 29.1. The molecule has 1 atom stereocenters. The Morgan fingerprint density at radius 3 is 2.63 bits per heavy atom. The van der Waals surface area contributed by atoms with Crippen LogP contribution < -0.4 is 5.32 Å². The summed E-state index contributed by atoms with van der Waals surface area (Å²) in [6, 6.07) is 0.450. The van der Waals surface area contributed by atoms with Crippen LogP contribution in [-0.2, 0) is 10.2 Å². The Labute approximate surface area is 179 Å². The van der Waals surface area contributed by atoms with E-state index in [0.29, 0.717) is 12.0 Å². The van der Waals surface area contributed by atoms with Crippen LogP contribution in [0.2, 0.25) is 0 Å². The second kappa shape index (κ2) is 8.85. The highest BCUT2D eigenvalue weighted by molar-refractivity contribution is 5.74. The molecule has 2 aliphatic carbocycles. The molecule has 2 saturated carbocycles. The maximum absolute atomic E-state index is 13.1. The van der Waals surface area contributed by atoms with Crippen molar-refractivity contribution in [3.8, 4) is 0 Å². The molecule has 4 aliphatic rings. The van der Waals surface area contributed by atoms with Gasteiger partial charge in [0.05, 0.1) is 5.41 Å². The second-order valence-corrected chi connectivity index (χ2v) is 10.1. The van der Waals surface area contributed by atoms with E-state index in [4.69, 9.17) is 14.2 Å². The molecule has 1 aromatic heterocycles. The molecule has 4 fully saturated rings. The minimum absolute atomic E-state index is 0.106. The number of nitrogens with one attached hydrogen (secondary N) is 1. The number of piperidine rings is 1. The standard InChI is InChI=1S/C23H36N4O3/c28-22(24-19-5-2-1-3-6-19)27-12-4-11-23(16-27,15-17-7-8-17)21-25-20(30-26-21)18-9-13-29-14-10-18/h17-19H,1-16H2,(H,24,28). The van der Waals surface area contributed by atoms with Crippen molar-refractivity contribution in [1.29, 1.82) is 0 Å². The van der Waals surface area contributed by atoms with Gasteiger partial charge in [-0.1, -0.05) is 37.3 Å². The summed E-state index contributed by atoms with van der Waals surface area (Å²) in [6.45, 7) is 3.08. The SMILES string of the molecule is O=C(NC1CCCCC1)N1CCCC(CC2CC2)(c2noc(C3CCOCC3)n2)C1. The molecule has 2 saturated heterocycles. The fourth-order valence-corrected chi connectivity index (χ4v) is 5.69. The van der Waals surface area contributed by atoms with Crippen molar-refractivity contribution in [3.05, 3.63) is 11.7 Å². The van der Waals surface area contributed by atoms with E-state index < -0.39 is 0 Å². The first kappa shape index (κ1) is 20.3. The number of amides is 2. The lowest BCUT2D eigenvalue weighted by Crippen LogP contribution is -2.54. The molecular formula is C23H36N4O3. The summed E-state index contributed by atoms with van der Waals surface area (Å²) in [5.41, 5.74) is -0.157. The van der Waals surface area contributed by atoms with Crippen molar-refractivity contribution in [2.45, 2.75) is 94.4 Å². The smallest absolute Gasteiger partial charge is 0.317 e. The molecule has 0 radical (unpaired) electrons. The van der Waals surface area contributed by atoms with Gasteiger partial charge in [0.2, 0.25) is 5.89 Å². The molecule has 0 bridgehead atoms. The molecule has 1 aromatic rings. The number of hydrogen-bond donors (Lipinski definition) is 1. The minimum atomic E-state index is -0.157. The van der Waals surface area contributed by atoms with Crippen LogP contribution in [0.5, 0.6) is 0 Å². The number of carbonyl (C=O) groups excluding carboxylic acids is 1. The van der Waals surface area contributed by atoms with E-state index in [-0.39, 0.29) is 11.4 Å². The zero-order valence-electron chi connectivity index (χ0n) is 18.1. The highest BCUT2D eigenvalue weighted by atomic mass is 16.5. The summed E-state index contributed by atoms with van der Waals surface area (Å²) in [5.74, 6) is 2.67. The van der Waals surface area contributed by atoms with Crippen LogP contribution in [0.3, 0.4) is 0 Å². The van der Waals surface area contributed by atoms with Gasteiger partial charge in [-0.25, -0.2) is 4.79 Å².